The molecule has 1 N–H and O–H groups in total. The Morgan fingerprint density at radius 1 is 1.07 bits per heavy atom. The molecule has 28 heavy (non-hydrogen) atoms. The summed E-state index contributed by atoms with van der Waals surface area (Å²) in [6.45, 7) is 10.3. The van der Waals surface area contributed by atoms with Crippen molar-refractivity contribution < 1.29 is 9.53 Å². The first-order valence-corrected chi connectivity index (χ1v) is 9.83. The molecule has 7 heteroatoms. The first-order valence-electron chi connectivity index (χ1n) is 9.83. The number of urea groups is 1. The van der Waals surface area contributed by atoms with Crippen LogP contribution in [-0.2, 0) is 17.7 Å². The molecule has 0 unspecified atom stereocenters. The number of anilines is 2. The van der Waals surface area contributed by atoms with Crippen LogP contribution < -0.4 is 10.2 Å². The number of hydrogen-bond donors (Lipinski definition) is 1. The number of amides is 2. The number of aryl methyl sites for hydroxylation is 3. The van der Waals surface area contributed by atoms with Gasteiger partial charge in [0, 0.05) is 37.3 Å². The van der Waals surface area contributed by atoms with Crippen LogP contribution >= 0.6 is 0 Å². The van der Waals surface area contributed by atoms with E-state index in [1.54, 1.807) is 0 Å². The SMILES string of the molecule is Cc1nc2c(c(N3CCOCC3)n1)CN(C(=O)Nc1ccc(C)c(C)c1)CC2. The molecule has 0 saturated carbocycles. The van der Waals surface area contributed by atoms with Crippen LogP contribution in [0.25, 0.3) is 0 Å². The van der Waals surface area contributed by atoms with Crippen LogP contribution in [0.4, 0.5) is 16.3 Å². The minimum atomic E-state index is -0.0811. The van der Waals surface area contributed by atoms with E-state index in [1.165, 1.54) is 11.1 Å². The van der Waals surface area contributed by atoms with Crippen LogP contribution in [-0.4, -0.2) is 53.7 Å². The zero-order valence-corrected chi connectivity index (χ0v) is 16.8. The fourth-order valence-electron chi connectivity index (χ4n) is 3.75. The van der Waals surface area contributed by atoms with Crippen molar-refractivity contribution in [3.8, 4) is 0 Å². The molecule has 148 valence electrons. The molecule has 1 aromatic heterocycles. The lowest BCUT2D eigenvalue weighted by molar-refractivity contribution is 0.122. The number of fused-ring (bicyclic) bond motifs is 1. The molecule has 7 nitrogen and oxygen atoms in total. The maximum atomic E-state index is 12.9. The Balaban J connectivity index is 1.54. The molecule has 2 aliphatic heterocycles. The molecule has 4 rings (SSSR count). The average Bonchev–Trinajstić information content (AvgIpc) is 2.70. The Morgan fingerprint density at radius 2 is 1.86 bits per heavy atom. The number of morpholine rings is 1. The fraction of sp³-hybridized carbons (Fsp3) is 0.476. The number of hydrogen-bond acceptors (Lipinski definition) is 5. The topological polar surface area (TPSA) is 70.6 Å². The molecule has 2 aromatic rings. The minimum Gasteiger partial charge on any atom is -0.378 e. The Labute approximate surface area is 165 Å². The van der Waals surface area contributed by atoms with E-state index in [-0.39, 0.29) is 6.03 Å². The lowest BCUT2D eigenvalue weighted by Gasteiger charge is -2.34. The van der Waals surface area contributed by atoms with Crippen LogP contribution in [0.1, 0.15) is 28.2 Å². The lowest BCUT2D eigenvalue weighted by atomic mass is 10.1. The normalized spacial score (nSPS) is 16.7. The van der Waals surface area contributed by atoms with Crippen molar-refractivity contribution in [1.82, 2.24) is 14.9 Å². The highest BCUT2D eigenvalue weighted by Crippen LogP contribution is 2.28. The number of aromatic nitrogens is 2. The van der Waals surface area contributed by atoms with Crippen LogP contribution in [0.15, 0.2) is 18.2 Å². The molecule has 1 saturated heterocycles. The van der Waals surface area contributed by atoms with Crippen molar-refractivity contribution in [2.75, 3.05) is 43.1 Å². The van der Waals surface area contributed by atoms with Gasteiger partial charge in [0.15, 0.2) is 0 Å². The van der Waals surface area contributed by atoms with Gasteiger partial charge >= 0.3 is 6.03 Å². The number of carbonyl (C=O) groups excluding carboxylic acids is 1. The van der Waals surface area contributed by atoms with Crippen molar-refractivity contribution in [3.63, 3.8) is 0 Å². The lowest BCUT2D eigenvalue weighted by Crippen LogP contribution is -2.42. The quantitative estimate of drug-likeness (QED) is 0.866. The zero-order valence-electron chi connectivity index (χ0n) is 16.8. The molecule has 0 atom stereocenters. The van der Waals surface area contributed by atoms with Crippen molar-refractivity contribution in [1.29, 1.82) is 0 Å². The van der Waals surface area contributed by atoms with Gasteiger partial charge in [-0.1, -0.05) is 6.07 Å². The number of carbonyl (C=O) groups is 1. The third-order valence-electron chi connectivity index (χ3n) is 5.51. The number of nitrogens with one attached hydrogen (secondary N) is 1. The molecular weight excluding hydrogens is 354 g/mol. The van der Waals surface area contributed by atoms with Crippen molar-refractivity contribution >= 4 is 17.5 Å². The van der Waals surface area contributed by atoms with Gasteiger partial charge in [-0.2, -0.15) is 0 Å². The standard InChI is InChI=1S/C21H27N5O2/c1-14-4-5-17(12-15(14)2)24-21(27)26-7-6-19-18(13-26)20(23-16(3)22-19)25-8-10-28-11-9-25/h4-5,12H,6-11,13H2,1-3H3,(H,24,27). The third-order valence-corrected chi connectivity index (χ3v) is 5.51. The Morgan fingerprint density at radius 3 is 2.61 bits per heavy atom. The van der Waals surface area contributed by atoms with E-state index in [0.717, 1.165) is 48.1 Å². The van der Waals surface area contributed by atoms with Gasteiger partial charge in [0.05, 0.1) is 25.5 Å². The molecule has 2 amide bonds. The minimum absolute atomic E-state index is 0.0811. The summed E-state index contributed by atoms with van der Waals surface area (Å²) in [5.74, 6) is 1.74. The van der Waals surface area contributed by atoms with Crippen LogP contribution in [0, 0.1) is 20.8 Å². The third kappa shape index (κ3) is 3.80. The highest BCUT2D eigenvalue weighted by Gasteiger charge is 2.28. The van der Waals surface area contributed by atoms with E-state index in [9.17, 15) is 4.79 Å². The molecular formula is C21H27N5O2. The second-order valence-corrected chi connectivity index (χ2v) is 7.52. The van der Waals surface area contributed by atoms with E-state index in [2.05, 4.69) is 29.0 Å². The maximum Gasteiger partial charge on any atom is 0.322 e. The van der Waals surface area contributed by atoms with Gasteiger partial charge in [0.1, 0.15) is 11.6 Å². The predicted octanol–water partition coefficient (Wildman–Crippen LogP) is 2.83. The van der Waals surface area contributed by atoms with E-state index >= 15 is 0 Å². The molecule has 0 bridgehead atoms. The number of rotatable bonds is 2. The molecule has 3 heterocycles. The molecule has 1 fully saturated rings. The van der Waals surface area contributed by atoms with Crippen LogP contribution in [0.2, 0.25) is 0 Å². The van der Waals surface area contributed by atoms with Gasteiger partial charge in [-0.05, 0) is 44.0 Å². The van der Waals surface area contributed by atoms with E-state index in [0.29, 0.717) is 26.3 Å². The Kier molecular flexibility index (Phi) is 5.17. The summed E-state index contributed by atoms with van der Waals surface area (Å²) in [5, 5.41) is 3.03. The van der Waals surface area contributed by atoms with Crippen LogP contribution in [0.5, 0.6) is 0 Å². The monoisotopic (exact) mass is 381 g/mol. The van der Waals surface area contributed by atoms with Gasteiger partial charge in [-0.3, -0.25) is 0 Å². The molecule has 1 aromatic carbocycles. The van der Waals surface area contributed by atoms with Gasteiger partial charge in [0.2, 0.25) is 0 Å². The predicted molar refractivity (Wildman–Crippen MR) is 109 cm³/mol. The van der Waals surface area contributed by atoms with Gasteiger partial charge in [-0.25, -0.2) is 14.8 Å². The highest BCUT2D eigenvalue weighted by molar-refractivity contribution is 5.89. The van der Waals surface area contributed by atoms with Crippen molar-refractivity contribution in [3.05, 3.63) is 46.4 Å². The summed E-state index contributed by atoms with van der Waals surface area (Å²) in [6.07, 6.45) is 0.746. The smallest absolute Gasteiger partial charge is 0.322 e. The van der Waals surface area contributed by atoms with Gasteiger partial charge in [0.25, 0.3) is 0 Å². The molecule has 0 radical (unpaired) electrons. The summed E-state index contributed by atoms with van der Waals surface area (Å²) in [7, 11) is 0. The highest BCUT2D eigenvalue weighted by atomic mass is 16.5. The van der Waals surface area contributed by atoms with E-state index in [4.69, 9.17) is 9.72 Å². The summed E-state index contributed by atoms with van der Waals surface area (Å²) in [4.78, 5) is 26.3. The summed E-state index contributed by atoms with van der Waals surface area (Å²) >= 11 is 0. The first kappa shape index (κ1) is 18.7. The largest absolute Gasteiger partial charge is 0.378 e. The summed E-state index contributed by atoms with van der Waals surface area (Å²) in [6, 6.07) is 5.91. The van der Waals surface area contributed by atoms with Crippen LogP contribution in [0.3, 0.4) is 0 Å². The van der Waals surface area contributed by atoms with E-state index < -0.39 is 0 Å². The number of nitrogens with zero attached hydrogens (tertiary/aromatic N) is 4. The van der Waals surface area contributed by atoms with E-state index in [1.807, 2.05) is 30.0 Å². The maximum absolute atomic E-state index is 12.9. The summed E-state index contributed by atoms with van der Waals surface area (Å²) < 4.78 is 5.48. The van der Waals surface area contributed by atoms with Crippen molar-refractivity contribution in [2.45, 2.75) is 33.7 Å². The number of benzene rings is 1. The molecule has 0 aliphatic carbocycles. The zero-order chi connectivity index (χ0) is 19.7. The fourth-order valence-corrected chi connectivity index (χ4v) is 3.75. The second-order valence-electron chi connectivity index (χ2n) is 7.52. The Bertz CT molecular complexity index is 893. The average molecular weight is 381 g/mol. The van der Waals surface area contributed by atoms with Gasteiger partial charge in [-0.15, -0.1) is 0 Å². The Hall–Kier alpha value is -2.67. The molecule has 0 spiro atoms. The first-order chi connectivity index (χ1) is 13.5. The van der Waals surface area contributed by atoms with Gasteiger partial charge < -0.3 is 19.9 Å². The number of ether oxygens (including phenoxy) is 1. The van der Waals surface area contributed by atoms with Crippen molar-refractivity contribution in [2.24, 2.45) is 0 Å². The second kappa shape index (κ2) is 7.75. The molecule has 2 aliphatic rings. The summed E-state index contributed by atoms with van der Waals surface area (Å²) in [5.41, 5.74) is 5.33.